The van der Waals surface area contributed by atoms with E-state index in [1.54, 1.807) is 12.0 Å². The lowest BCUT2D eigenvalue weighted by Gasteiger charge is -2.35. The third kappa shape index (κ3) is 4.51. The molecule has 5 rings (SSSR count). The van der Waals surface area contributed by atoms with Crippen LogP contribution in [-0.2, 0) is 16.1 Å². The highest BCUT2D eigenvalue weighted by molar-refractivity contribution is 6.01. The fourth-order valence-electron chi connectivity index (χ4n) is 5.92. The number of nitrogens with one attached hydrogen (secondary N) is 2. The van der Waals surface area contributed by atoms with E-state index in [0.717, 1.165) is 43.4 Å². The van der Waals surface area contributed by atoms with Gasteiger partial charge in [0.2, 0.25) is 0 Å². The van der Waals surface area contributed by atoms with E-state index in [-0.39, 0.29) is 29.9 Å². The Bertz CT molecular complexity index is 948. The molecular weight excluding hydrogens is 422 g/mol. The molecule has 5 atom stereocenters. The number of rotatable bonds is 6. The molecule has 0 spiro atoms. The molecule has 2 saturated carbocycles. The Hall–Kier alpha value is -2.45. The molecule has 4 aliphatic rings. The first-order valence-electron chi connectivity index (χ1n) is 12.3. The summed E-state index contributed by atoms with van der Waals surface area (Å²) in [5, 5.41) is 14.0. The van der Waals surface area contributed by atoms with Crippen LogP contribution in [0.3, 0.4) is 0 Å². The van der Waals surface area contributed by atoms with E-state index in [1.807, 2.05) is 18.2 Å². The minimum Gasteiger partial charge on any atom is -0.489 e. The van der Waals surface area contributed by atoms with Gasteiger partial charge in [0.1, 0.15) is 11.9 Å². The van der Waals surface area contributed by atoms with Crippen molar-refractivity contribution in [2.75, 3.05) is 7.11 Å². The summed E-state index contributed by atoms with van der Waals surface area (Å²) in [4.78, 5) is 28.6. The first-order valence-corrected chi connectivity index (χ1v) is 12.3. The van der Waals surface area contributed by atoms with Crippen LogP contribution in [0.25, 0.3) is 0 Å². The van der Waals surface area contributed by atoms with Gasteiger partial charge in [-0.05, 0) is 68.7 Å². The summed E-state index contributed by atoms with van der Waals surface area (Å²) in [7, 11) is 1.80. The van der Waals surface area contributed by atoms with Gasteiger partial charge in [-0.25, -0.2) is 4.79 Å². The molecule has 8 heteroatoms. The summed E-state index contributed by atoms with van der Waals surface area (Å²) in [5.74, 6) is 0.310. The van der Waals surface area contributed by atoms with Crippen LogP contribution in [0.4, 0.5) is 0 Å². The monoisotopic (exact) mass is 456 g/mol. The first-order chi connectivity index (χ1) is 16.0. The Balaban J connectivity index is 1.27. The molecule has 1 aromatic rings. The summed E-state index contributed by atoms with van der Waals surface area (Å²) < 4.78 is 12.1. The van der Waals surface area contributed by atoms with Crippen LogP contribution in [-0.4, -0.2) is 65.2 Å². The zero-order chi connectivity index (χ0) is 22.9. The number of fused-ring (bicyclic) bond motifs is 1. The second-order valence-electron chi connectivity index (χ2n) is 9.77. The normalized spacial score (nSPS) is 32.1. The van der Waals surface area contributed by atoms with Gasteiger partial charge in [-0.3, -0.25) is 4.79 Å². The van der Waals surface area contributed by atoms with Crippen molar-refractivity contribution in [2.45, 2.75) is 94.7 Å². The van der Waals surface area contributed by atoms with E-state index >= 15 is 0 Å². The lowest BCUT2D eigenvalue weighted by atomic mass is 9.91. The predicted octanol–water partition coefficient (Wildman–Crippen LogP) is 1.22. The van der Waals surface area contributed by atoms with Crippen molar-refractivity contribution in [3.63, 3.8) is 0 Å². The standard InChI is InChI=1S/C25H33N3O5/c1-32-21-8-4-6-18(21)26-19-5-2-3-7-22(19)33-16-9-10-17-15(13-16)14-28(25(17)31)20-11-12-23(29)27-24(20)30/h9-10,13,18-22,26H,2-8,11-12,14H2,1H3,(H,27,29,30)/p+1/t18?,19-,20?,21?,22-/m1/s1. The van der Waals surface area contributed by atoms with Crippen LogP contribution in [0.1, 0.15) is 73.7 Å². The fraction of sp³-hybridized carbons (Fsp3) is 0.640. The van der Waals surface area contributed by atoms with Crippen molar-refractivity contribution < 1.29 is 29.2 Å². The largest absolute Gasteiger partial charge is 0.489 e. The average molecular weight is 457 g/mol. The van der Waals surface area contributed by atoms with E-state index in [4.69, 9.17) is 9.47 Å². The lowest BCUT2D eigenvalue weighted by Crippen LogP contribution is -2.82. The predicted molar refractivity (Wildman–Crippen MR) is 121 cm³/mol. The molecule has 2 amide bonds. The van der Waals surface area contributed by atoms with E-state index in [2.05, 4.69) is 10.3 Å². The Morgan fingerprint density at radius 1 is 1.03 bits per heavy atom. The molecule has 2 aliphatic carbocycles. The van der Waals surface area contributed by atoms with E-state index in [1.165, 1.54) is 12.8 Å². The van der Waals surface area contributed by atoms with Crippen molar-refractivity contribution >= 4 is 17.7 Å². The van der Waals surface area contributed by atoms with Crippen molar-refractivity contribution in [1.82, 2.24) is 10.2 Å². The molecule has 0 radical (unpaired) electrons. The van der Waals surface area contributed by atoms with Gasteiger partial charge in [-0.2, -0.15) is 0 Å². The molecule has 3 N–H and O–H groups in total. The third-order valence-corrected chi connectivity index (χ3v) is 7.69. The van der Waals surface area contributed by atoms with Crippen LogP contribution in [0, 0.1) is 0 Å². The van der Waals surface area contributed by atoms with Crippen LogP contribution in [0.15, 0.2) is 18.2 Å². The molecule has 33 heavy (non-hydrogen) atoms. The van der Waals surface area contributed by atoms with E-state index < -0.39 is 6.04 Å². The summed E-state index contributed by atoms with van der Waals surface area (Å²) in [6.07, 6.45) is 9.01. The highest BCUT2D eigenvalue weighted by atomic mass is 16.5. The number of ether oxygens (including phenoxy) is 2. The molecule has 2 aliphatic heterocycles. The molecule has 2 fully saturated rings. The number of amides is 2. The minimum atomic E-state index is -0.487. The number of hydrogen-bond acceptors (Lipinski definition) is 5. The maximum atomic E-state index is 13.0. The Morgan fingerprint density at radius 2 is 1.79 bits per heavy atom. The number of nitrogens with zero attached hydrogens (tertiary/aromatic N) is 1. The van der Waals surface area contributed by atoms with Gasteiger partial charge in [0.05, 0.1) is 12.5 Å². The van der Waals surface area contributed by atoms with Crippen LogP contribution in [0.5, 0.6) is 5.75 Å². The molecule has 3 unspecified atom stereocenters. The van der Waals surface area contributed by atoms with Gasteiger partial charge in [0.15, 0.2) is 6.04 Å². The number of carbonyl (C=O) groups is 2. The van der Waals surface area contributed by atoms with Gasteiger partial charge >= 0.3 is 11.8 Å². The number of carbonyl (C=O) groups excluding carboxylic acids is 2. The Labute approximate surface area is 194 Å². The number of aliphatic hydroxyl groups is 1. The maximum absolute atomic E-state index is 13.0. The fourth-order valence-corrected chi connectivity index (χ4v) is 5.92. The lowest BCUT2D eigenvalue weighted by molar-refractivity contribution is -0.394. The summed E-state index contributed by atoms with van der Waals surface area (Å²) in [5.41, 5.74) is 1.54. The molecule has 0 aromatic heterocycles. The van der Waals surface area contributed by atoms with Crippen molar-refractivity contribution in [3.05, 3.63) is 29.3 Å². The highest BCUT2D eigenvalue weighted by Crippen LogP contribution is 2.32. The Morgan fingerprint density at radius 3 is 2.61 bits per heavy atom. The highest BCUT2D eigenvalue weighted by Gasteiger charge is 2.41. The molecular formula is C25H34N3O5+. The average Bonchev–Trinajstić information content (AvgIpc) is 3.39. The summed E-state index contributed by atoms with van der Waals surface area (Å²) >= 11 is 0. The van der Waals surface area contributed by atoms with Gasteiger partial charge in [0, 0.05) is 31.3 Å². The second kappa shape index (κ2) is 9.43. The smallest absolute Gasteiger partial charge is 0.388 e. The number of benzene rings is 1. The van der Waals surface area contributed by atoms with Crippen molar-refractivity contribution in [2.24, 2.45) is 0 Å². The summed E-state index contributed by atoms with van der Waals surface area (Å²) in [6.45, 7) is 0.403. The van der Waals surface area contributed by atoms with Crippen LogP contribution >= 0.6 is 0 Å². The van der Waals surface area contributed by atoms with Crippen LogP contribution in [0.2, 0.25) is 0 Å². The minimum absolute atomic E-state index is 0.0917. The molecule has 1 aromatic carbocycles. The number of hydrogen-bond donors (Lipinski definition) is 3. The van der Waals surface area contributed by atoms with Gasteiger partial charge in [-0.1, -0.05) is 6.42 Å². The van der Waals surface area contributed by atoms with E-state index in [9.17, 15) is 14.7 Å². The SMILES string of the molecule is COC1CCCC1N[C@@H]1CCCC[C@H]1Oc1ccc2c(c1)CN(C1CCC(=O)[NH+]=C1O)C2=O. The third-order valence-electron chi connectivity index (χ3n) is 7.69. The molecule has 2 heterocycles. The molecule has 0 bridgehead atoms. The topological polar surface area (TPSA) is 102 Å². The number of aliphatic hydroxyl groups excluding tert-OH is 1. The van der Waals surface area contributed by atoms with Crippen LogP contribution < -0.4 is 15.0 Å². The quantitative estimate of drug-likeness (QED) is 0.595. The Kier molecular flexibility index (Phi) is 6.38. The second-order valence-corrected chi connectivity index (χ2v) is 9.77. The molecule has 178 valence electrons. The van der Waals surface area contributed by atoms with Gasteiger partial charge in [0.25, 0.3) is 5.91 Å². The number of methoxy groups -OCH3 is 1. The molecule has 8 nitrogen and oxygen atoms in total. The van der Waals surface area contributed by atoms with E-state index in [0.29, 0.717) is 37.0 Å². The molecule has 0 saturated heterocycles. The zero-order valence-electron chi connectivity index (χ0n) is 19.2. The summed E-state index contributed by atoms with van der Waals surface area (Å²) in [6, 6.07) is 5.86. The maximum Gasteiger partial charge on any atom is 0.388 e. The zero-order valence-corrected chi connectivity index (χ0v) is 19.2. The van der Waals surface area contributed by atoms with Crippen molar-refractivity contribution in [1.29, 1.82) is 0 Å². The van der Waals surface area contributed by atoms with Gasteiger partial charge in [-0.15, -0.1) is 4.99 Å². The van der Waals surface area contributed by atoms with Gasteiger partial charge < -0.3 is 24.8 Å². The first kappa shape index (κ1) is 22.3. The van der Waals surface area contributed by atoms with Crippen molar-refractivity contribution in [3.8, 4) is 5.75 Å².